The maximum absolute atomic E-state index is 5.50. The maximum Gasteiger partial charge on any atom is 0.319 e. The topological polar surface area (TPSA) is 70.3 Å². The van der Waals surface area contributed by atoms with Gasteiger partial charge in [0.15, 0.2) is 0 Å². The van der Waals surface area contributed by atoms with Crippen molar-refractivity contribution in [2.75, 3.05) is 14.2 Å². The Bertz CT molecular complexity index is 276. The summed E-state index contributed by atoms with van der Waals surface area (Å²) in [5, 5.41) is 0. The predicted molar refractivity (Wildman–Crippen MR) is 47.8 cm³/mol. The zero-order valence-corrected chi connectivity index (χ0v) is 8.00. The summed E-state index contributed by atoms with van der Waals surface area (Å²) in [6.07, 6.45) is 0. The van der Waals surface area contributed by atoms with Crippen molar-refractivity contribution in [3.8, 4) is 11.9 Å². The van der Waals surface area contributed by atoms with E-state index < -0.39 is 0 Å². The molecule has 0 saturated carbocycles. The molecule has 1 aromatic rings. The van der Waals surface area contributed by atoms with Crippen LogP contribution in [0.3, 0.4) is 0 Å². The van der Waals surface area contributed by atoms with Crippen LogP contribution in [0.15, 0.2) is 0 Å². The Morgan fingerprint density at radius 2 is 1.92 bits per heavy atom. The highest BCUT2D eigenvalue weighted by Crippen LogP contribution is 2.19. The van der Waals surface area contributed by atoms with Crippen molar-refractivity contribution in [1.29, 1.82) is 0 Å². The molecule has 13 heavy (non-hydrogen) atoms. The van der Waals surface area contributed by atoms with Crippen LogP contribution in [0.25, 0.3) is 0 Å². The van der Waals surface area contributed by atoms with Gasteiger partial charge in [-0.1, -0.05) is 0 Å². The number of nitrogens with two attached hydrogens (primary N) is 1. The van der Waals surface area contributed by atoms with Crippen LogP contribution >= 0.6 is 0 Å². The molecule has 0 amide bonds. The Morgan fingerprint density at radius 1 is 1.23 bits per heavy atom. The molecular formula is C8H13N3O2. The predicted octanol–water partition coefficient (Wildman–Crippen LogP) is 0.261. The first-order valence-electron chi connectivity index (χ1n) is 3.88. The second-order valence-corrected chi connectivity index (χ2v) is 2.50. The van der Waals surface area contributed by atoms with Crippen LogP contribution in [0.4, 0.5) is 0 Å². The summed E-state index contributed by atoms with van der Waals surface area (Å²) >= 11 is 0. The summed E-state index contributed by atoms with van der Waals surface area (Å²) in [5.74, 6) is 0.507. The van der Waals surface area contributed by atoms with E-state index in [4.69, 9.17) is 15.2 Å². The molecule has 0 saturated heterocycles. The van der Waals surface area contributed by atoms with Gasteiger partial charge in [0.05, 0.1) is 19.9 Å². The van der Waals surface area contributed by atoms with E-state index in [1.165, 1.54) is 7.11 Å². The lowest BCUT2D eigenvalue weighted by molar-refractivity contribution is 0.347. The molecule has 0 unspecified atom stereocenters. The van der Waals surface area contributed by atoms with Gasteiger partial charge in [0.2, 0.25) is 5.88 Å². The second kappa shape index (κ2) is 4.04. The van der Waals surface area contributed by atoms with Gasteiger partial charge in [-0.05, 0) is 6.92 Å². The molecule has 0 spiro atoms. The molecular weight excluding hydrogens is 170 g/mol. The Hall–Kier alpha value is -1.36. The molecule has 0 aliphatic heterocycles. The van der Waals surface area contributed by atoms with Gasteiger partial charge in [-0.3, -0.25) is 0 Å². The van der Waals surface area contributed by atoms with Gasteiger partial charge in [0, 0.05) is 12.1 Å². The van der Waals surface area contributed by atoms with Gasteiger partial charge >= 0.3 is 6.01 Å². The molecule has 1 rings (SSSR count). The van der Waals surface area contributed by atoms with Crippen molar-refractivity contribution in [2.24, 2.45) is 5.73 Å². The molecule has 2 N–H and O–H groups in total. The van der Waals surface area contributed by atoms with Crippen molar-refractivity contribution >= 4 is 0 Å². The standard InChI is InChI=1S/C8H13N3O2/c1-5-6(4-9)10-8(13-3)11-7(5)12-2/h4,9H2,1-3H3. The summed E-state index contributed by atoms with van der Waals surface area (Å²) in [6.45, 7) is 2.21. The van der Waals surface area contributed by atoms with Crippen molar-refractivity contribution in [3.05, 3.63) is 11.3 Å². The molecule has 0 bridgehead atoms. The minimum absolute atomic E-state index is 0.280. The normalized spacial score (nSPS) is 9.85. The van der Waals surface area contributed by atoms with Crippen molar-refractivity contribution in [1.82, 2.24) is 9.97 Å². The zero-order valence-electron chi connectivity index (χ0n) is 8.00. The molecule has 0 aromatic carbocycles. The number of aromatic nitrogens is 2. The Morgan fingerprint density at radius 3 is 2.38 bits per heavy atom. The SMILES string of the molecule is COc1nc(CN)c(C)c(OC)n1. The maximum atomic E-state index is 5.50. The molecule has 0 aliphatic rings. The fourth-order valence-corrected chi connectivity index (χ4v) is 1.01. The smallest absolute Gasteiger partial charge is 0.319 e. The van der Waals surface area contributed by atoms with Crippen LogP contribution < -0.4 is 15.2 Å². The van der Waals surface area contributed by atoms with Crippen LogP contribution in [0.5, 0.6) is 11.9 Å². The first-order chi connectivity index (χ1) is 6.22. The fourth-order valence-electron chi connectivity index (χ4n) is 1.01. The number of hydrogen-bond acceptors (Lipinski definition) is 5. The molecule has 1 aromatic heterocycles. The Labute approximate surface area is 76.9 Å². The second-order valence-electron chi connectivity index (χ2n) is 2.50. The number of hydrogen-bond donors (Lipinski definition) is 1. The van der Waals surface area contributed by atoms with E-state index in [2.05, 4.69) is 9.97 Å². The van der Waals surface area contributed by atoms with Crippen LogP contribution in [0.1, 0.15) is 11.3 Å². The van der Waals surface area contributed by atoms with E-state index in [9.17, 15) is 0 Å². The average Bonchev–Trinajstić information content (AvgIpc) is 2.18. The summed E-state index contributed by atoms with van der Waals surface area (Å²) in [5.41, 5.74) is 7.09. The van der Waals surface area contributed by atoms with Gasteiger partial charge in [-0.15, -0.1) is 0 Å². The largest absolute Gasteiger partial charge is 0.481 e. The lowest BCUT2D eigenvalue weighted by Gasteiger charge is -2.08. The van der Waals surface area contributed by atoms with Gasteiger partial charge < -0.3 is 15.2 Å². The highest BCUT2D eigenvalue weighted by atomic mass is 16.5. The van der Waals surface area contributed by atoms with Crippen LogP contribution in [-0.4, -0.2) is 24.2 Å². The van der Waals surface area contributed by atoms with E-state index in [0.717, 1.165) is 11.3 Å². The fraction of sp³-hybridized carbons (Fsp3) is 0.500. The van der Waals surface area contributed by atoms with Gasteiger partial charge in [0.1, 0.15) is 0 Å². The van der Waals surface area contributed by atoms with Crippen molar-refractivity contribution in [2.45, 2.75) is 13.5 Å². The van der Waals surface area contributed by atoms with Crippen molar-refractivity contribution in [3.63, 3.8) is 0 Å². The van der Waals surface area contributed by atoms with E-state index >= 15 is 0 Å². The van der Waals surface area contributed by atoms with Crippen molar-refractivity contribution < 1.29 is 9.47 Å². The van der Waals surface area contributed by atoms with E-state index in [1.807, 2.05) is 6.92 Å². The molecule has 1 heterocycles. The van der Waals surface area contributed by atoms with E-state index in [-0.39, 0.29) is 6.01 Å². The van der Waals surface area contributed by atoms with Gasteiger partial charge in [0.25, 0.3) is 0 Å². The average molecular weight is 183 g/mol. The van der Waals surface area contributed by atoms with Crippen LogP contribution in [0, 0.1) is 6.92 Å². The monoisotopic (exact) mass is 183 g/mol. The number of rotatable bonds is 3. The molecule has 0 fully saturated rings. The minimum atomic E-state index is 0.280. The third-order valence-electron chi connectivity index (χ3n) is 1.75. The lowest BCUT2D eigenvalue weighted by Crippen LogP contribution is -2.07. The first kappa shape index (κ1) is 9.73. The number of methoxy groups -OCH3 is 2. The highest BCUT2D eigenvalue weighted by molar-refractivity contribution is 5.30. The zero-order chi connectivity index (χ0) is 9.84. The lowest BCUT2D eigenvalue weighted by atomic mass is 10.2. The number of ether oxygens (including phenoxy) is 2. The summed E-state index contributed by atoms with van der Waals surface area (Å²) in [7, 11) is 3.06. The van der Waals surface area contributed by atoms with Gasteiger partial charge in [-0.2, -0.15) is 9.97 Å². The molecule has 0 aliphatic carbocycles. The molecule has 72 valence electrons. The summed E-state index contributed by atoms with van der Waals surface area (Å²) in [6, 6.07) is 0.280. The molecule has 5 heteroatoms. The number of nitrogens with zero attached hydrogens (tertiary/aromatic N) is 2. The molecule has 0 atom stereocenters. The first-order valence-corrected chi connectivity index (χ1v) is 3.88. The van der Waals surface area contributed by atoms with Gasteiger partial charge in [-0.25, -0.2) is 0 Å². The third-order valence-corrected chi connectivity index (χ3v) is 1.75. The van der Waals surface area contributed by atoms with Crippen LogP contribution in [0.2, 0.25) is 0 Å². The summed E-state index contributed by atoms with van der Waals surface area (Å²) in [4.78, 5) is 8.09. The minimum Gasteiger partial charge on any atom is -0.481 e. The Balaban J connectivity index is 3.20. The van der Waals surface area contributed by atoms with Crippen LogP contribution in [-0.2, 0) is 6.54 Å². The van der Waals surface area contributed by atoms with E-state index in [0.29, 0.717) is 12.4 Å². The third kappa shape index (κ3) is 1.86. The summed E-state index contributed by atoms with van der Waals surface area (Å²) < 4.78 is 9.94. The van der Waals surface area contributed by atoms with E-state index in [1.54, 1.807) is 7.11 Å². The molecule has 5 nitrogen and oxygen atoms in total. The Kier molecular flexibility index (Phi) is 3.02. The highest BCUT2D eigenvalue weighted by Gasteiger charge is 2.09. The quantitative estimate of drug-likeness (QED) is 0.727. The molecule has 0 radical (unpaired) electrons.